The Morgan fingerprint density at radius 3 is 2.54 bits per heavy atom. The van der Waals surface area contributed by atoms with E-state index in [4.69, 9.17) is 4.74 Å². The zero-order valence-electron chi connectivity index (χ0n) is 17.4. The number of nitrogens with zero attached hydrogens (tertiary/aromatic N) is 1. The normalized spacial score (nSPS) is 19.0. The molecule has 2 aromatic rings. The van der Waals surface area contributed by atoms with Crippen LogP contribution in [0.15, 0.2) is 48.5 Å². The predicted octanol–water partition coefficient (Wildman–Crippen LogP) is 4.88. The summed E-state index contributed by atoms with van der Waals surface area (Å²) >= 11 is 0. The molecule has 1 amide bonds. The minimum atomic E-state index is -0.544. The summed E-state index contributed by atoms with van der Waals surface area (Å²) in [5.74, 6) is 1.39. The summed E-state index contributed by atoms with van der Waals surface area (Å²) in [7, 11) is 0. The number of benzene rings is 2. The van der Waals surface area contributed by atoms with Crippen LogP contribution in [-0.4, -0.2) is 25.1 Å². The number of piperidine rings is 1. The highest BCUT2D eigenvalue weighted by Crippen LogP contribution is 2.25. The Balaban J connectivity index is 1.57. The van der Waals surface area contributed by atoms with Crippen LogP contribution in [0.3, 0.4) is 0 Å². The van der Waals surface area contributed by atoms with Crippen LogP contribution in [0, 0.1) is 12.8 Å². The van der Waals surface area contributed by atoms with Gasteiger partial charge in [-0.2, -0.15) is 0 Å². The second-order valence-corrected chi connectivity index (χ2v) is 8.04. The molecule has 0 bridgehead atoms. The van der Waals surface area contributed by atoms with Crippen molar-refractivity contribution >= 4 is 11.6 Å². The van der Waals surface area contributed by atoms with Crippen molar-refractivity contribution in [1.29, 1.82) is 0 Å². The van der Waals surface area contributed by atoms with Gasteiger partial charge in [0.25, 0.3) is 5.91 Å². The van der Waals surface area contributed by atoms with Crippen molar-refractivity contribution in [2.45, 2.75) is 52.7 Å². The van der Waals surface area contributed by atoms with Crippen molar-refractivity contribution in [3.8, 4) is 5.75 Å². The number of amides is 1. The van der Waals surface area contributed by atoms with Crippen LogP contribution in [0.25, 0.3) is 0 Å². The van der Waals surface area contributed by atoms with Gasteiger partial charge < -0.3 is 15.0 Å². The molecule has 0 spiro atoms. The summed E-state index contributed by atoms with van der Waals surface area (Å²) in [6.07, 6.45) is 2.03. The smallest absolute Gasteiger partial charge is 0.261 e. The second kappa shape index (κ2) is 9.13. The van der Waals surface area contributed by atoms with E-state index in [9.17, 15) is 4.79 Å². The fourth-order valence-electron chi connectivity index (χ4n) is 3.74. The van der Waals surface area contributed by atoms with Crippen molar-refractivity contribution < 1.29 is 9.53 Å². The lowest BCUT2D eigenvalue weighted by molar-refractivity contribution is -0.127. The average molecular weight is 381 g/mol. The quantitative estimate of drug-likeness (QED) is 0.777. The predicted molar refractivity (Wildman–Crippen MR) is 115 cm³/mol. The van der Waals surface area contributed by atoms with Gasteiger partial charge in [0.05, 0.1) is 6.04 Å². The number of nitrogens with one attached hydrogen (secondary N) is 1. The molecule has 0 aliphatic carbocycles. The first-order chi connectivity index (χ1) is 13.4. The molecule has 0 saturated carbocycles. The van der Waals surface area contributed by atoms with Crippen LogP contribution >= 0.6 is 0 Å². The van der Waals surface area contributed by atoms with Gasteiger partial charge in [0.1, 0.15) is 5.75 Å². The molecule has 1 heterocycles. The number of para-hydroxylation sites is 1. The lowest BCUT2D eigenvalue weighted by Gasteiger charge is -2.33. The fraction of sp³-hybridized carbons (Fsp3) is 0.458. The van der Waals surface area contributed by atoms with E-state index >= 15 is 0 Å². The monoisotopic (exact) mass is 380 g/mol. The van der Waals surface area contributed by atoms with Gasteiger partial charge in [-0.15, -0.1) is 0 Å². The van der Waals surface area contributed by atoms with E-state index in [0.29, 0.717) is 0 Å². The summed E-state index contributed by atoms with van der Waals surface area (Å²) < 4.78 is 5.83. The van der Waals surface area contributed by atoms with Gasteiger partial charge in [0.15, 0.2) is 6.10 Å². The Bertz CT molecular complexity index is 787. The number of hydrogen-bond acceptors (Lipinski definition) is 3. The van der Waals surface area contributed by atoms with Gasteiger partial charge >= 0.3 is 0 Å². The van der Waals surface area contributed by atoms with Crippen molar-refractivity contribution in [1.82, 2.24) is 5.32 Å². The van der Waals surface area contributed by atoms with Gasteiger partial charge in [-0.25, -0.2) is 0 Å². The Hall–Kier alpha value is -2.49. The number of rotatable bonds is 6. The molecule has 0 aromatic heterocycles. The zero-order valence-corrected chi connectivity index (χ0v) is 17.4. The van der Waals surface area contributed by atoms with E-state index in [0.717, 1.165) is 35.9 Å². The molecule has 1 fully saturated rings. The highest BCUT2D eigenvalue weighted by atomic mass is 16.5. The molecule has 3 atom stereocenters. The molecule has 1 saturated heterocycles. The van der Waals surface area contributed by atoms with Crippen LogP contribution in [0.4, 0.5) is 5.69 Å². The van der Waals surface area contributed by atoms with Crippen LogP contribution in [0.2, 0.25) is 0 Å². The SMILES string of the molecule is Cc1ccccc1O[C@H](C)C(=O)N[C@@H](C)c1ccc(N2CCC[C@H](C)C2)cc1. The standard InChI is InChI=1S/C24H32N2O2/c1-17-8-7-15-26(16-17)22-13-11-21(12-14-22)19(3)25-24(27)20(4)28-23-10-6-5-9-18(23)2/h5-6,9-14,17,19-20H,7-8,15-16H2,1-4H3,(H,25,27)/t17-,19-,20+/m0/s1. The fourth-order valence-corrected chi connectivity index (χ4v) is 3.74. The zero-order chi connectivity index (χ0) is 20.1. The molecule has 1 aliphatic heterocycles. The van der Waals surface area contributed by atoms with Gasteiger partial charge in [0, 0.05) is 18.8 Å². The Morgan fingerprint density at radius 1 is 1.14 bits per heavy atom. The van der Waals surface area contributed by atoms with E-state index in [1.807, 2.05) is 38.1 Å². The van der Waals surface area contributed by atoms with E-state index in [1.54, 1.807) is 6.92 Å². The Kier molecular flexibility index (Phi) is 6.61. The second-order valence-electron chi connectivity index (χ2n) is 8.04. The van der Waals surface area contributed by atoms with Crippen LogP contribution < -0.4 is 15.0 Å². The summed E-state index contributed by atoms with van der Waals surface area (Å²) in [5.41, 5.74) is 3.40. The van der Waals surface area contributed by atoms with E-state index in [1.165, 1.54) is 18.5 Å². The number of ether oxygens (including phenoxy) is 1. The molecule has 0 radical (unpaired) electrons. The van der Waals surface area contributed by atoms with E-state index in [-0.39, 0.29) is 11.9 Å². The number of aryl methyl sites for hydroxylation is 1. The molecule has 0 unspecified atom stereocenters. The summed E-state index contributed by atoms with van der Waals surface area (Å²) in [5, 5.41) is 3.06. The van der Waals surface area contributed by atoms with Crippen molar-refractivity contribution in [3.63, 3.8) is 0 Å². The number of hydrogen-bond donors (Lipinski definition) is 1. The molecule has 2 aromatic carbocycles. The maximum atomic E-state index is 12.5. The molecule has 1 aliphatic rings. The lowest BCUT2D eigenvalue weighted by Crippen LogP contribution is -2.38. The lowest BCUT2D eigenvalue weighted by atomic mass is 9.99. The first-order valence-corrected chi connectivity index (χ1v) is 10.3. The minimum Gasteiger partial charge on any atom is -0.481 e. The van der Waals surface area contributed by atoms with Gasteiger partial charge in [-0.1, -0.05) is 37.3 Å². The number of carbonyl (C=O) groups is 1. The molecule has 4 heteroatoms. The van der Waals surface area contributed by atoms with Crippen LogP contribution in [0.5, 0.6) is 5.75 Å². The third-order valence-corrected chi connectivity index (χ3v) is 5.54. The highest BCUT2D eigenvalue weighted by molar-refractivity contribution is 5.81. The van der Waals surface area contributed by atoms with Crippen LogP contribution in [-0.2, 0) is 4.79 Å². The third-order valence-electron chi connectivity index (χ3n) is 5.54. The van der Waals surface area contributed by atoms with Crippen molar-refractivity contribution in [3.05, 3.63) is 59.7 Å². The minimum absolute atomic E-state index is 0.0650. The van der Waals surface area contributed by atoms with Crippen LogP contribution in [0.1, 0.15) is 50.8 Å². The summed E-state index contributed by atoms with van der Waals surface area (Å²) in [6, 6.07) is 16.3. The van der Waals surface area contributed by atoms with Crippen molar-refractivity contribution in [2.24, 2.45) is 5.92 Å². The Labute approximate surface area is 168 Å². The third kappa shape index (κ3) is 5.06. The van der Waals surface area contributed by atoms with E-state index < -0.39 is 6.10 Å². The highest BCUT2D eigenvalue weighted by Gasteiger charge is 2.19. The molecular formula is C24H32N2O2. The molecule has 1 N–H and O–H groups in total. The van der Waals surface area contributed by atoms with Gasteiger partial charge in [-0.05, 0) is 68.9 Å². The van der Waals surface area contributed by atoms with Crippen molar-refractivity contribution in [2.75, 3.05) is 18.0 Å². The Morgan fingerprint density at radius 2 is 1.86 bits per heavy atom. The summed E-state index contributed by atoms with van der Waals surface area (Å²) in [4.78, 5) is 15.0. The average Bonchev–Trinajstić information content (AvgIpc) is 2.69. The first-order valence-electron chi connectivity index (χ1n) is 10.3. The maximum Gasteiger partial charge on any atom is 0.261 e. The number of carbonyl (C=O) groups excluding carboxylic acids is 1. The van der Waals surface area contributed by atoms with Gasteiger partial charge in [-0.3, -0.25) is 4.79 Å². The van der Waals surface area contributed by atoms with E-state index in [2.05, 4.69) is 41.4 Å². The molecule has 4 nitrogen and oxygen atoms in total. The molecule has 3 rings (SSSR count). The first kappa shape index (κ1) is 20.2. The maximum absolute atomic E-state index is 12.5. The topological polar surface area (TPSA) is 41.6 Å². The van der Waals surface area contributed by atoms with Gasteiger partial charge in [0.2, 0.25) is 0 Å². The molecular weight excluding hydrogens is 348 g/mol. The molecule has 28 heavy (non-hydrogen) atoms. The largest absolute Gasteiger partial charge is 0.481 e. The summed E-state index contributed by atoms with van der Waals surface area (Å²) in [6.45, 7) is 10.3. The number of anilines is 1. The molecule has 150 valence electrons.